The van der Waals surface area contributed by atoms with Crippen molar-refractivity contribution in [2.24, 2.45) is 4.99 Å². The summed E-state index contributed by atoms with van der Waals surface area (Å²) in [6.07, 6.45) is 0.0575. The van der Waals surface area contributed by atoms with Gasteiger partial charge in [-0.25, -0.2) is 0 Å². The van der Waals surface area contributed by atoms with Crippen molar-refractivity contribution in [2.75, 3.05) is 13.2 Å². The summed E-state index contributed by atoms with van der Waals surface area (Å²) in [5, 5.41) is 23.8. The molecule has 2 N–H and O–H groups in total. The van der Waals surface area contributed by atoms with Gasteiger partial charge in [0.25, 0.3) is 0 Å². The third-order valence-corrected chi connectivity index (χ3v) is 8.42. The second-order valence-electron chi connectivity index (χ2n) is 14.3. The molecular weight excluding hydrogens is 667 g/mol. The molecule has 3 aromatic rings. The third kappa shape index (κ3) is 10.0. The number of hydrogen-bond donors (Lipinski definition) is 2. The first-order chi connectivity index (χ1) is 21.8. The topological polar surface area (TPSA) is 71.3 Å². The molecule has 0 aliphatic rings. The van der Waals surface area contributed by atoms with Crippen molar-refractivity contribution < 1.29 is 49.9 Å². The predicted molar refractivity (Wildman–Crippen MR) is 184 cm³/mol. The Morgan fingerprint density at radius 2 is 1.17 bits per heavy atom. The van der Waals surface area contributed by atoms with Crippen molar-refractivity contribution in [3.63, 3.8) is 0 Å². The van der Waals surface area contributed by atoms with Crippen LogP contribution in [-0.2, 0) is 39.7 Å². The maximum Gasteiger partial charge on any atom is 0.416 e. The molecule has 0 bridgehead atoms. The Kier molecular flexibility index (Phi) is 14.2. The summed E-state index contributed by atoms with van der Waals surface area (Å²) < 4.78 is 53.3. The Balaban J connectivity index is 0.00000800. The summed E-state index contributed by atoms with van der Waals surface area (Å²) in [4.78, 5) is 4.65. The van der Waals surface area contributed by atoms with Gasteiger partial charge < -0.3 is 19.7 Å². The average Bonchev–Trinajstić information content (AvgIpc) is 2.99. The van der Waals surface area contributed by atoms with Gasteiger partial charge in [-0.05, 0) is 84.2 Å². The Bertz CT molecular complexity index is 1450. The van der Waals surface area contributed by atoms with E-state index < -0.39 is 23.4 Å². The van der Waals surface area contributed by atoms with Gasteiger partial charge in [0, 0.05) is 40.0 Å². The number of rotatable bonds is 13. The van der Waals surface area contributed by atoms with Crippen molar-refractivity contribution in [1.29, 1.82) is 0 Å². The van der Waals surface area contributed by atoms with E-state index in [1.54, 1.807) is 6.92 Å². The number of phenols is 1. The van der Waals surface area contributed by atoms with Gasteiger partial charge in [-0.3, -0.25) is 4.99 Å². The molecule has 0 saturated heterocycles. The molecule has 0 heterocycles. The van der Waals surface area contributed by atoms with Crippen LogP contribution in [0.5, 0.6) is 17.2 Å². The minimum Gasteiger partial charge on any atom is -0.507 e. The van der Waals surface area contributed by atoms with Crippen LogP contribution in [0.15, 0.2) is 59.6 Å². The van der Waals surface area contributed by atoms with Crippen LogP contribution >= 0.6 is 0 Å². The smallest absolute Gasteiger partial charge is 0.416 e. The third-order valence-electron chi connectivity index (χ3n) is 8.42. The fourth-order valence-electron chi connectivity index (χ4n) is 5.22. The van der Waals surface area contributed by atoms with Crippen LogP contribution in [-0.4, -0.2) is 35.7 Å². The first kappa shape index (κ1) is 41.2. The first-order valence-electron chi connectivity index (χ1n) is 16.5. The van der Waals surface area contributed by atoms with E-state index in [0.717, 1.165) is 55.0 Å². The Morgan fingerprint density at radius 3 is 1.56 bits per heavy atom. The number of aliphatic hydroxyl groups is 1. The number of nitrogens with zero attached hydrogens (tertiary/aromatic N) is 1. The number of alkyl halides is 3. The molecule has 3 aromatic carbocycles. The summed E-state index contributed by atoms with van der Waals surface area (Å²) in [5.74, 6) is 0.617. The van der Waals surface area contributed by atoms with E-state index in [9.17, 15) is 23.4 Å². The normalized spacial score (nSPS) is 13.4. The van der Waals surface area contributed by atoms with E-state index in [1.165, 1.54) is 6.21 Å². The zero-order valence-electron chi connectivity index (χ0n) is 29.7. The summed E-state index contributed by atoms with van der Waals surface area (Å²) in [6.45, 7) is 19.2. The first-order valence-corrected chi connectivity index (χ1v) is 16.5. The zero-order chi connectivity index (χ0) is 35.2. The second-order valence-corrected chi connectivity index (χ2v) is 14.3. The number of halogens is 3. The molecule has 0 spiro atoms. The van der Waals surface area contributed by atoms with E-state index in [0.29, 0.717) is 35.8 Å². The second kappa shape index (κ2) is 16.6. The number of hydrogen-bond acceptors (Lipinski definition) is 5. The van der Waals surface area contributed by atoms with Crippen LogP contribution in [0.3, 0.4) is 0 Å². The maximum atomic E-state index is 13.5. The van der Waals surface area contributed by atoms with Gasteiger partial charge in [0.2, 0.25) is 0 Å². The molecule has 0 saturated carbocycles. The summed E-state index contributed by atoms with van der Waals surface area (Å²) in [6, 6.07) is 13.3. The molecule has 0 aliphatic heterocycles. The molecule has 48 heavy (non-hydrogen) atoms. The van der Waals surface area contributed by atoms with Crippen LogP contribution in [0.1, 0.15) is 121 Å². The molecule has 0 amide bonds. The van der Waals surface area contributed by atoms with E-state index >= 15 is 0 Å². The van der Waals surface area contributed by atoms with Crippen LogP contribution in [0.25, 0.3) is 0 Å². The van der Waals surface area contributed by atoms with E-state index in [-0.39, 0.29) is 39.2 Å². The molecule has 5 nitrogen and oxygen atoms in total. The van der Waals surface area contributed by atoms with E-state index in [2.05, 4.69) is 60.4 Å². The molecule has 0 unspecified atom stereocenters. The number of phenolic OH excluding ortho intramolecular Hbond substituents is 1. The number of aliphatic imine (C=N–C) groups is 1. The molecule has 1 atom stereocenters. The van der Waals surface area contributed by atoms with Gasteiger partial charge in [-0.1, -0.05) is 80.4 Å². The molecule has 3 rings (SSSR count). The maximum absolute atomic E-state index is 13.5. The van der Waals surface area contributed by atoms with Gasteiger partial charge >= 0.3 is 6.18 Å². The van der Waals surface area contributed by atoms with Crippen LogP contribution < -0.4 is 9.47 Å². The molecule has 9 heteroatoms. The largest absolute Gasteiger partial charge is 0.507 e. The SMILES string of the molecule is CCCCOc1ccc(C(C)(C)C)cc1C(O)(c1cc(C(C)(C)C)ccc1OCCCC)[C@@H](C)N=Cc1cc(C(F)(F)F)ccc1O.[Cu]. The van der Waals surface area contributed by atoms with Crippen molar-refractivity contribution in [2.45, 2.75) is 117 Å². The van der Waals surface area contributed by atoms with Crippen molar-refractivity contribution >= 4 is 6.21 Å². The van der Waals surface area contributed by atoms with Gasteiger partial charge in [-0.15, -0.1) is 0 Å². The van der Waals surface area contributed by atoms with Gasteiger partial charge in [-0.2, -0.15) is 13.2 Å². The Labute approximate surface area is 295 Å². The van der Waals surface area contributed by atoms with Gasteiger partial charge in [0.15, 0.2) is 0 Å². The predicted octanol–water partition coefficient (Wildman–Crippen LogP) is 10.1. The van der Waals surface area contributed by atoms with E-state index in [1.807, 2.05) is 36.4 Å². The standard InChI is InChI=1S/C39H52F3NO4.Cu/c1-10-12-20-46-34-18-15-28(36(4,5)6)23-31(34)38(45,26(3)43-25-27-22-30(39(40,41)42)14-17-33(27)44)32-24-29(37(7,8)9)16-19-35(32)47-21-13-11-2;/h14-19,22-26,44-45H,10-13,20-21H2,1-9H3;/t26-;/m1./s1. The molecule has 1 radical (unpaired) electrons. The number of aromatic hydroxyl groups is 1. The Morgan fingerprint density at radius 1 is 0.729 bits per heavy atom. The minimum atomic E-state index is -4.60. The van der Waals surface area contributed by atoms with Gasteiger partial charge in [0.05, 0.1) is 24.8 Å². The Hall–Kier alpha value is -3.00. The van der Waals surface area contributed by atoms with Gasteiger partial charge in [0.1, 0.15) is 22.8 Å². The summed E-state index contributed by atoms with van der Waals surface area (Å²) in [7, 11) is 0. The van der Waals surface area contributed by atoms with Crippen molar-refractivity contribution in [3.8, 4) is 17.2 Å². The molecule has 0 fully saturated rings. The van der Waals surface area contributed by atoms with Crippen LogP contribution in [0.2, 0.25) is 0 Å². The van der Waals surface area contributed by atoms with E-state index in [4.69, 9.17) is 9.47 Å². The average molecular weight is 719 g/mol. The quantitative estimate of drug-likeness (QED) is 0.105. The van der Waals surface area contributed by atoms with Crippen molar-refractivity contribution in [3.05, 3.63) is 88.0 Å². The molecule has 0 aliphatic carbocycles. The molecule has 269 valence electrons. The molecular formula is C39H52CuF3NO4. The minimum absolute atomic E-state index is 0. The van der Waals surface area contributed by atoms with Crippen LogP contribution in [0, 0.1) is 0 Å². The fraction of sp³-hybridized carbons (Fsp3) is 0.513. The zero-order valence-corrected chi connectivity index (χ0v) is 30.6. The summed E-state index contributed by atoms with van der Waals surface area (Å²) in [5.41, 5.74) is -0.561. The van der Waals surface area contributed by atoms with Crippen LogP contribution in [0.4, 0.5) is 13.2 Å². The number of ether oxygens (including phenoxy) is 2. The number of unbranched alkanes of at least 4 members (excludes halogenated alkanes) is 2. The fourth-order valence-corrected chi connectivity index (χ4v) is 5.22. The van der Waals surface area contributed by atoms with Crippen molar-refractivity contribution in [1.82, 2.24) is 0 Å². The summed E-state index contributed by atoms with van der Waals surface area (Å²) >= 11 is 0. The number of benzene rings is 3. The monoisotopic (exact) mass is 718 g/mol. The molecule has 0 aromatic heterocycles.